The number of hydrogen-bond acceptors (Lipinski definition) is 3. The van der Waals surface area contributed by atoms with E-state index in [0.29, 0.717) is 6.04 Å². The van der Waals surface area contributed by atoms with E-state index in [9.17, 15) is 0 Å². The predicted molar refractivity (Wildman–Crippen MR) is 81.4 cm³/mol. The van der Waals surface area contributed by atoms with E-state index in [2.05, 4.69) is 36.5 Å². The Morgan fingerprint density at radius 1 is 1.28 bits per heavy atom. The zero-order valence-corrected chi connectivity index (χ0v) is 13.0. The Morgan fingerprint density at radius 2 is 2.06 bits per heavy atom. The first kappa shape index (κ1) is 15.6. The standard InChI is InChI=1S/C15H28N2S/c1-4-5-6-7-8-9-13(2)16-11-10-15-17-14(3)12-18-15/h12-13,16H,4-11H2,1-3H3. The van der Waals surface area contributed by atoms with E-state index in [1.165, 1.54) is 43.5 Å². The van der Waals surface area contributed by atoms with Crippen LogP contribution in [0.3, 0.4) is 0 Å². The van der Waals surface area contributed by atoms with Gasteiger partial charge in [0, 0.05) is 30.1 Å². The van der Waals surface area contributed by atoms with E-state index in [1.807, 2.05) is 0 Å². The van der Waals surface area contributed by atoms with Crippen LogP contribution in [0.5, 0.6) is 0 Å². The highest BCUT2D eigenvalue weighted by atomic mass is 32.1. The summed E-state index contributed by atoms with van der Waals surface area (Å²) in [5, 5.41) is 6.99. The van der Waals surface area contributed by atoms with Crippen LogP contribution in [-0.2, 0) is 6.42 Å². The largest absolute Gasteiger partial charge is 0.314 e. The van der Waals surface area contributed by atoms with Crippen molar-refractivity contribution in [3.63, 3.8) is 0 Å². The summed E-state index contributed by atoms with van der Waals surface area (Å²) < 4.78 is 0. The number of rotatable bonds is 10. The molecule has 0 aliphatic carbocycles. The van der Waals surface area contributed by atoms with Crippen LogP contribution < -0.4 is 5.32 Å². The van der Waals surface area contributed by atoms with Crippen molar-refractivity contribution in [2.24, 2.45) is 0 Å². The van der Waals surface area contributed by atoms with E-state index in [1.54, 1.807) is 11.3 Å². The first-order valence-corrected chi connectivity index (χ1v) is 8.24. The van der Waals surface area contributed by atoms with Crippen LogP contribution in [0, 0.1) is 6.92 Å². The zero-order chi connectivity index (χ0) is 13.2. The molecular formula is C15H28N2S. The maximum Gasteiger partial charge on any atom is 0.0940 e. The molecule has 0 aromatic carbocycles. The molecule has 1 heterocycles. The molecule has 0 saturated carbocycles. The van der Waals surface area contributed by atoms with Crippen molar-refractivity contribution in [2.45, 2.75) is 71.8 Å². The number of aromatic nitrogens is 1. The van der Waals surface area contributed by atoms with Crippen molar-refractivity contribution in [1.82, 2.24) is 10.3 Å². The van der Waals surface area contributed by atoms with E-state index in [4.69, 9.17) is 0 Å². The molecule has 0 saturated heterocycles. The highest BCUT2D eigenvalue weighted by Crippen LogP contribution is 2.09. The predicted octanol–water partition coefficient (Wildman–Crippen LogP) is 4.33. The van der Waals surface area contributed by atoms with Gasteiger partial charge < -0.3 is 5.32 Å². The lowest BCUT2D eigenvalue weighted by atomic mass is 10.1. The van der Waals surface area contributed by atoms with Crippen molar-refractivity contribution in [1.29, 1.82) is 0 Å². The van der Waals surface area contributed by atoms with Gasteiger partial charge in [-0.1, -0.05) is 39.0 Å². The second-order valence-electron chi connectivity index (χ2n) is 5.19. The van der Waals surface area contributed by atoms with Crippen LogP contribution in [0.4, 0.5) is 0 Å². The molecule has 18 heavy (non-hydrogen) atoms. The molecule has 1 N–H and O–H groups in total. The molecule has 2 nitrogen and oxygen atoms in total. The van der Waals surface area contributed by atoms with Crippen LogP contribution in [0.2, 0.25) is 0 Å². The van der Waals surface area contributed by atoms with Gasteiger partial charge >= 0.3 is 0 Å². The molecule has 1 unspecified atom stereocenters. The quantitative estimate of drug-likeness (QED) is 0.639. The normalized spacial score (nSPS) is 12.8. The number of nitrogens with zero attached hydrogens (tertiary/aromatic N) is 1. The summed E-state index contributed by atoms with van der Waals surface area (Å²) in [7, 11) is 0. The van der Waals surface area contributed by atoms with Crippen LogP contribution in [0.25, 0.3) is 0 Å². The molecule has 1 rings (SSSR count). The van der Waals surface area contributed by atoms with Crippen LogP contribution in [0.1, 0.15) is 63.1 Å². The maximum absolute atomic E-state index is 4.48. The summed E-state index contributed by atoms with van der Waals surface area (Å²) in [5.41, 5.74) is 1.15. The molecule has 0 fully saturated rings. The summed E-state index contributed by atoms with van der Waals surface area (Å²) in [6, 6.07) is 0.646. The summed E-state index contributed by atoms with van der Waals surface area (Å²) in [4.78, 5) is 4.48. The molecule has 1 atom stereocenters. The third-order valence-corrected chi connectivity index (χ3v) is 4.27. The highest BCUT2D eigenvalue weighted by molar-refractivity contribution is 7.09. The van der Waals surface area contributed by atoms with Gasteiger partial charge in [-0.25, -0.2) is 4.98 Å². The second kappa shape index (κ2) is 9.51. The van der Waals surface area contributed by atoms with Crippen LogP contribution in [-0.4, -0.2) is 17.6 Å². The molecule has 104 valence electrons. The van der Waals surface area contributed by atoms with E-state index >= 15 is 0 Å². The van der Waals surface area contributed by atoms with Gasteiger partial charge in [-0.15, -0.1) is 11.3 Å². The average molecular weight is 268 g/mol. The summed E-state index contributed by atoms with van der Waals surface area (Å²) >= 11 is 1.78. The van der Waals surface area contributed by atoms with Gasteiger partial charge in [-0.3, -0.25) is 0 Å². The van der Waals surface area contributed by atoms with E-state index in [-0.39, 0.29) is 0 Å². The van der Waals surface area contributed by atoms with Crippen LogP contribution in [0.15, 0.2) is 5.38 Å². The third-order valence-electron chi connectivity index (χ3n) is 3.24. The van der Waals surface area contributed by atoms with Gasteiger partial charge in [0.2, 0.25) is 0 Å². The lowest BCUT2D eigenvalue weighted by Gasteiger charge is -2.12. The minimum atomic E-state index is 0.646. The lowest BCUT2D eigenvalue weighted by molar-refractivity contribution is 0.483. The monoisotopic (exact) mass is 268 g/mol. The highest BCUT2D eigenvalue weighted by Gasteiger charge is 2.02. The number of nitrogens with one attached hydrogen (secondary N) is 1. The number of hydrogen-bond donors (Lipinski definition) is 1. The fraction of sp³-hybridized carbons (Fsp3) is 0.800. The summed E-state index contributed by atoms with van der Waals surface area (Å²) in [6.07, 6.45) is 9.27. The van der Waals surface area contributed by atoms with Crippen molar-refractivity contribution >= 4 is 11.3 Å². The lowest BCUT2D eigenvalue weighted by Crippen LogP contribution is -2.27. The average Bonchev–Trinajstić information content (AvgIpc) is 2.75. The zero-order valence-electron chi connectivity index (χ0n) is 12.2. The molecule has 0 aliphatic rings. The van der Waals surface area contributed by atoms with E-state index < -0.39 is 0 Å². The molecule has 0 spiro atoms. The third kappa shape index (κ3) is 7.12. The smallest absolute Gasteiger partial charge is 0.0940 e. The Balaban J connectivity index is 1.98. The van der Waals surface area contributed by atoms with Gasteiger partial charge in [0.1, 0.15) is 0 Å². The Bertz CT molecular complexity index is 309. The minimum Gasteiger partial charge on any atom is -0.314 e. The fourth-order valence-corrected chi connectivity index (χ4v) is 2.88. The second-order valence-corrected chi connectivity index (χ2v) is 6.13. The van der Waals surface area contributed by atoms with Crippen molar-refractivity contribution < 1.29 is 0 Å². The molecule has 3 heteroatoms. The van der Waals surface area contributed by atoms with Gasteiger partial charge in [-0.2, -0.15) is 0 Å². The van der Waals surface area contributed by atoms with Crippen molar-refractivity contribution in [3.05, 3.63) is 16.1 Å². The number of aryl methyl sites for hydroxylation is 1. The van der Waals surface area contributed by atoms with Gasteiger partial charge in [0.05, 0.1) is 5.01 Å². The Morgan fingerprint density at radius 3 is 2.72 bits per heavy atom. The minimum absolute atomic E-state index is 0.646. The SMILES string of the molecule is CCCCCCCC(C)NCCc1nc(C)cs1. The number of unbranched alkanes of at least 4 members (excludes halogenated alkanes) is 4. The van der Waals surface area contributed by atoms with Crippen LogP contribution >= 0.6 is 11.3 Å². The maximum atomic E-state index is 4.48. The van der Waals surface area contributed by atoms with Crippen molar-refractivity contribution in [3.8, 4) is 0 Å². The molecule has 0 bridgehead atoms. The van der Waals surface area contributed by atoms with Crippen molar-refractivity contribution in [2.75, 3.05) is 6.54 Å². The topological polar surface area (TPSA) is 24.9 Å². The Labute approximate surface area is 116 Å². The molecule has 0 aliphatic heterocycles. The fourth-order valence-electron chi connectivity index (χ4n) is 2.10. The summed E-state index contributed by atoms with van der Waals surface area (Å²) in [5.74, 6) is 0. The van der Waals surface area contributed by atoms with Gasteiger partial charge in [0.15, 0.2) is 0 Å². The van der Waals surface area contributed by atoms with Gasteiger partial charge in [-0.05, 0) is 20.3 Å². The number of thiazole rings is 1. The van der Waals surface area contributed by atoms with Gasteiger partial charge in [0.25, 0.3) is 0 Å². The van der Waals surface area contributed by atoms with E-state index in [0.717, 1.165) is 18.7 Å². The molecular weight excluding hydrogens is 240 g/mol. The molecule has 1 aromatic heterocycles. The molecule has 0 radical (unpaired) electrons. The first-order chi connectivity index (χ1) is 8.72. The Kier molecular flexibility index (Phi) is 8.27. The molecule has 1 aromatic rings. The molecule has 0 amide bonds. The summed E-state index contributed by atoms with van der Waals surface area (Å²) in [6.45, 7) is 7.69. The first-order valence-electron chi connectivity index (χ1n) is 7.36. The Hall–Kier alpha value is -0.410.